The molecule has 0 radical (unpaired) electrons. The molecule has 0 aromatic heterocycles. The van der Waals surface area contributed by atoms with E-state index in [1.807, 2.05) is 0 Å². The maximum Gasteiger partial charge on any atom is 0.302 e. The lowest BCUT2D eigenvalue weighted by Crippen LogP contribution is -2.28. The standard InChI is InChI=1S/C20H41NO3/c1-4-6-8-10-12-14-16-21(24-19-18-23-20(3)22)17-15-13-11-9-7-5-2/h4-19H2,1-3H3. The summed E-state index contributed by atoms with van der Waals surface area (Å²) in [7, 11) is 0. The second kappa shape index (κ2) is 18.7. The van der Waals surface area contributed by atoms with E-state index in [2.05, 4.69) is 18.9 Å². The van der Waals surface area contributed by atoms with E-state index in [-0.39, 0.29) is 5.97 Å². The quantitative estimate of drug-likeness (QED) is 0.187. The molecule has 0 saturated carbocycles. The molecule has 0 saturated heterocycles. The summed E-state index contributed by atoms with van der Waals surface area (Å²) < 4.78 is 4.94. The lowest BCUT2D eigenvalue weighted by atomic mass is 10.1. The van der Waals surface area contributed by atoms with Gasteiger partial charge in [0.05, 0.1) is 0 Å². The molecular formula is C20H41NO3. The number of ether oxygens (including phenoxy) is 1. The van der Waals surface area contributed by atoms with Gasteiger partial charge in [0.15, 0.2) is 0 Å². The van der Waals surface area contributed by atoms with Crippen LogP contribution in [0.25, 0.3) is 0 Å². The molecule has 0 aromatic rings. The molecule has 24 heavy (non-hydrogen) atoms. The average molecular weight is 344 g/mol. The van der Waals surface area contributed by atoms with E-state index in [9.17, 15) is 4.79 Å². The fourth-order valence-corrected chi connectivity index (χ4v) is 2.73. The van der Waals surface area contributed by atoms with Crippen molar-refractivity contribution >= 4 is 5.97 Å². The number of unbranched alkanes of at least 4 members (excludes halogenated alkanes) is 10. The summed E-state index contributed by atoms with van der Waals surface area (Å²) in [6, 6.07) is 0. The second-order valence-electron chi connectivity index (χ2n) is 6.64. The minimum absolute atomic E-state index is 0.239. The third kappa shape index (κ3) is 17.7. The molecule has 4 heteroatoms. The van der Waals surface area contributed by atoms with E-state index in [1.165, 1.54) is 84.0 Å². The number of hydroxylamine groups is 2. The van der Waals surface area contributed by atoms with Crippen LogP contribution in [0.3, 0.4) is 0 Å². The van der Waals surface area contributed by atoms with E-state index >= 15 is 0 Å². The zero-order chi connectivity index (χ0) is 17.9. The van der Waals surface area contributed by atoms with Crippen molar-refractivity contribution in [2.75, 3.05) is 26.3 Å². The Bertz CT molecular complexity index is 256. The van der Waals surface area contributed by atoms with Crippen LogP contribution in [-0.2, 0) is 14.4 Å². The molecular weight excluding hydrogens is 302 g/mol. The molecule has 0 unspecified atom stereocenters. The highest BCUT2D eigenvalue weighted by Crippen LogP contribution is 2.09. The fourth-order valence-electron chi connectivity index (χ4n) is 2.73. The van der Waals surface area contributed by atoms with Gasteiger partial charge in [-0.25, -0.2) is 0 Å². The Kier molecular flexibility index (Phi) is 18.2. The van der Waals surface area contributed by atoms with Gasteiger partial charge in [0.2, 0.25) is 0 Å². The number of carbonyl (C=O) groups is 1. The number of rotatable bonds is 18. The summed E-state index contributed by atoms with van der Waals surface area (Å²) in [4.78, 5) is 16.6. The van der Waals surface area contributed by atoms with Crippen LogP contribution in [0.4, 0.5) is 0 Å². The maximum absolute atomic E-state index is 10.8. The first kappa shape index (κ1) is 23.4. The van der Waals surface area contributed by atoms with E-state index in [0.29, 0.717) is 13.2 Å². The van der Waals surface area contributed by atoms with E-state index in [0.717, 1.165) is 13.1 Å². The Morgan fingerprint density at radius 3 is 1.62 bits per heavy atom. The van der Waals surface area contributed by atoms with Gasteiger partial charge in [0, 0.05) is 20.0 Å². The summed E-state index contributed by atoms with van der Waals surface area (Å²) in [5.41, 5.74) is 0. The van der Waals surface area contributed by atoms with Crippen molar-refractivity contribution < 1.29 is 14.4 Å². The van der Waals surface area contributed by atoms with E-state index in [4.69, 9.17) is 9.57 Å². The predicted molar refractivity (Wildman–Crippen MR) is 101 cm³/mol. The number of nitrogens with zero attached hydrogens (tertiary/aromatic N) is 1. The molecule has 0 aromatic carbocycles. The van der Waals surface area contributed by atoms with E-state index in [1.54, 1.807) is 0 Å². The number of hydrogen-bond acceptors (Lipinski definition) is 4. The van der Waals surface area contributed by atoms with Crippen LogP contribution in [-0.4, -0.2) is 37.3 Å². The smallest absolute Gasteiger partial charge is 0.302 e. The highest BCUT2D eigenvalue weighted by molar-refractivity contribution is 5.65. The lowest BCUT2D eigenvalue weighted by molar-refractivity contribution is -0.175. The monoisotopic (exact) mass is 343 g/mol. The molecule has 0 atom stereocenters. The summed E-state index contributed by atoms with van der Waals surface area (Å²) in [5.74, 6) is -0.239. The van der Waals surface area contributed by atoms with Gasteiger partial charge in [-0.3, -0.25) is 9.63 Å². The predicted octanol–water partition coefficient (Wildman–Crippen LogP) is 5.50. The topological polar surface area (TPSA) is 38.8 Å². The van der Waals surface area contributed by atoms with Crippen LogP contribution in [0.2, 0.25) is 0 Å². The van der Waals surface area contributed by atoms with Crippen molar-refractivity contribution in [2.24, 2.45) is 0 Å². The molecule has 0 heterocycles. The van der Waals surface area contributed by atoms with E-state index < -0.39 is 0 Å². The zero-order valence-corrected chi connectivity index (χ0v) is 16.5. The first-order valence-electron chi connectivity index (χ1n) is 10.2. The van der Waals surface area contributed by atoms with Crippen molar-refractivity contribution in [3.8, 4) is 0 Å². The van der Waals surface area contributed by atoms with Gasteiger partial charge < -0.3 is 4.74 Å². The lowest BCUT2D eigenvalue weighted by Gasteiger charge is -2.22. The first-order chi connectivity index (χ1) is 11.7. The van der Waals surface area contributed by atoms with Gasteiger partial charge in [-0.1, -0.05) is 78.1 Å². The Morgan fingerprint density at radius 1 is 0.708 bits per heavy atom. The number of hydrogen-bond donors (Lipinski definition) is 0. The van der Waals surface area contributed by atoms with Gasteiger partial charge in [-0.15, -0.1) is 0 Å². The Balaban J connectivity index is 3.80. The average Bonchev–Trinajstić information content (AvgIpc) is 2.56. The molecule has 0 spiro atoms. The highest BCUT2D eigenvalue weighted by Gasteiger charge is 2.06. The van der Waals surface area contributed by atoms with Crippen LogP contribution in [0, 0.1) is 0 Å². The van der Waals surface area contributed by atoms with Gasteiger partial charge in [-0.05, 0) is 12.8 Å². The minimum atomic E-state index is -0.239. The second-order valence-corrected chi connectivity index (χ2v) is 6.64. The van der Waals surface area contributed by atoms with Crippen molar-refractivity contribution in [2.45, 2.75) is 97.8 Å². The molecule has 0 aliphatic carbocycles. The minimum Gasteiger partial charge on any atom is -0.463 e. The summed E-state index contributed by atoms with van der Waals surface area (Å²) in [5, 5.41) is 2.09. The van der Waals surface area contributed by atoms with Gasteiger partial charge >= 0.3 is 5.97 Å². The van der Waals surface area contributed by atoms with Crippen molar-refractivity contribution in [3.05, 3.63) is 0 Å². The van der Waals surface area contributed by atoms with Crippen LogP contribution >= 0.6 is 0 Å². The molecule has 0 N–H and O–H groups in total. The van der Waals surface area contributed by atoms with Crippen LogP contribution in [0.5, 0.6) is 0 Å². The van der Waals surface area contributed by atoms with Gasteiger partial charge in [-0.2, -0.15) is 5.06 Å². The van der Waals surface area contributed by atoms with Crippen molar-refractivity contribution in [1.82, 2.24) is 5.06 Å². The number of carbonyl (C=O) groups excluding carboxylic acids is 1. The Morgan fingerprint density at radius 2 is 1.17 bits per heavy atom. The third-order valence-electron chi connectivity index (χ3n) is 4.18. The Labute approximate surface area is 150 Å². The van der Waals surface area contributed by atoms with Crippen LogP contribution < -0.4 is 0 Å². The van der Waals surface area contributed by atoms with Crippen LogP contribution in [0.15, 0.2) is 0 Å². The molecule has 0 aliphatic rings. The number of esters is 1. The van der Waals surface area contributed by atoms with Crippen molar-refractivity contribution in [3.63, 3.8) is 0 Å². The van der Waals surface area contributed by atoms with Gasteiger partial charge in [0.1, 0.15) is 13.2 Å². The maximum atomic E-state index is 10.8. The molecule has 4 nitrogen and oxygen atoms in total. The summed E-state index contributed by atoms with van der Waals surface area (Å²) in [6.07, 6.45) is 15.6. The fraction of sp³-hybridized carbons (Fsp3) is 0.950. The SMILES string of the molecule is CCCCCCCCN(CCCCCCCC)OCCOC(C)=O. The molecule has 0 fully saturated rings. The first-order valence-corrected chi connectivity index (χ1v) is 10.2. The van der Waals surface area contributed by atoms with Crippen LogP contribution in [0.1, 0.15) is 97.8 Å². The summed E-state index contributed by atoms with van der Waals surface area (Å²) >= 11 is 0. The molecule has 0 rings (SSSR count). The van der Waals surface area contributed by atoms with Gasteiger partial charge in [0.25, 0.3) is 0 Å². The Hall–Kier alpha value is -0.610. The molecule has 0 bridgehead atoms. The normalized spacial score (nSPS) is 11.2. The zero-order valence-electron chi connectivity index (χ0n) is 16.5. The summed E-state index contributed by atoms with van der Waals surface area (Å²) in [6.45, 7) is 8.72. The molecule has 0 aliphatic heterocycles. The highest BCUT2D eigenvalue weighted by atomic mass is 16.7. The largest absolute Gasteiger partial charge is 0.463 e. The van der Waals surface area contributed by atoms with Crippen molar-refractivity contribution in [1.29, 1.82) is 0 Å². The third-order valence-corrected chi connectivity index (χ3v) is 4.18. The molecule has 0 amide bonds. The molecule has 144 valence electrons.